The van der Waals surface area contributed by atoms with Gasteiger partial charge < -0.3 is 10.2 Å². The summed E-state index contributed by atoms with van der Waals surface area (Å²) in [7, 11) is 0. The van der Waals surface area contributed by atoms with Crippen molar-refractivity contribution in [3.8, 4) is 0 Å². The molecule has 1 aromatic heterocycles. The summed E-state index contributed by atoms with van der Waals surface area (Å²) in [6.45, 7) is 0.252. The lowest BCUT2D eigenvalue weighted by Gasteiger charge is -2.16. The molecule has 4 rings (SSSR count). The summed E-state index contributed by atoms with van der Waals surface area (Å²) in [6, 6.07) is 12.0. The molecule has 1 saturated heterocycles. The van der Waals surface area contributed by atoms with Crippen molar-refractivity contribution in [1.82, 2.24) is 4.98 Å². The average Bonchev–Trinajstić information content (AvgIpc) is 3.36. The van der Waals surface area contributed by atoms with Crippen molar-refractivity contribution in [2.24, 2.45) is 5.92 Å². The summed E-state index contributed by atoms with van der Waals surface area (Å²) in [5.74, 6) is -0.120. The summed E-state index contributed by atoms with van der Waals surface area (Å²) >= 11 is 2.99. The molecule has 31 heavy (non-hydrogen) atoms. The van der Waals surface area contributed by atoms with Gasteiger partial charge in [-0.3, -0.25) is 9.59 Å². The maximum atomic E-state index is 13.1. The van der Waals surface area contributed by atoms with E-state index in [0.29, 0.717) is 16.6 Å². The largest absolute Gasteiger partial charge is 0.312 e. The van der Waals surface area contributed by atoms with Gasteiger partial charge in [-0.15, -0.1) is 11.3 Å². The fraction of sp³-hybridized carbons (Fsp3) is 0.227. The molecule has 0 aliphatic carbocycles. The maximum absolute atomic E-state index is 13.1. The van der Waals surface area contributed by atoms with Crippen LogP contribution in [0.5, 0.6) is 0 Å². The van der Waals surface area contributed by atoms with Crippen LogP contribution in [0.15, 0.2) is 53.9 Å². The van der Waals surface area contributed by atoms with Gasteiger partial charge in [-0.1, -0.05) is 12.1 Å². The topological polar surface area (TPSA) is 62.3 Å². The van der Waals surface area contributed by atoms with Crippen molar-refractivity contribution in [1.29, 1.82) is 0 Å². The zero-order valence-electron chi connectivity index (χ0n) is 16.4. The second-order valence-corrected chi connectivity index (χ2v) is 8.98. The van der Waals surface area contributed by atoms with Gasteiger partial charge in [0.2, 0.25) is 11.8 Å². The van der Waals surface area contributed by atoms with Crippen molar-refractivity contribution < 1.29 is 18.4 Å². The fourth-order valence-corrected chi connectivity index (χ4v) is 4.95. The number of hydrogen-bond donors (Lipinski definition) is 1. The SMILES string of the molecule is O=C(Nc1nc(CSCc2ccc(F)cc2)cs1)C1CC(=O)N(c2ccc(F)cc2)C1. The minimum atomic E-state index is -0.488. The van der Waals surface area contributed by atoms with Crippen LogP contribution in [0.25, 0.3) is 0 Å². The third-order valence-electron chi connectivity index (χ3n) is 4.85. The number of benzene rings is 2. The predicted molar refractivity (Wildman–Crippen MR) is 119 cm³/mol. The van der Waals surface area contributed by atoms with E-state index < -0.39 is 5.92 Å². The molecule has 0 spiro atoms. The molecular formula is C22H19F2N3O2S2. The first-order chi connectivity index (χ1) is 15.0. The van der Waals surface area contributed by atoms with E-state index in [4.69, 9.17) is 0 Å². The number of aromatic nitrogens is 1. The van der Waals surface area contributed by atoms with E-state index in [2.05, 4.69) is 10.3 Å². The normalized spacial score (nSPS) is 16.0. The lowest BCUT2D eigenvalue weighted by atomic mass is 10.1. The van der Waals surface area contributed by atoms with Crippen LogP contribution in [0.4, 0.5) is 19.6 Å². The summed E-state index contributed by atoms with van der Waals surface area (Å²) < 4.78 is 26.1. The Balaban J connectivity index is 1.28. The molecule has 1 aliphatic rings. The fourth-order valence-electron chi connectivity index (χ4n) is 3.25. The number of carbonyl (C=O) groups excluding carboxylic acids is 2. The van der Waals surface area contributed by atoms with Gasteiger partial charge >= 0.3 is 0 Å². The summed E-state index contributed by atoms with van der Waals surface area (Å²) in [5.41, 5.74) is 2.46. The molecular weight excluding hydrogens is 440 g/mol. The maximum Gasteiger partial charge on any atom is 0.231 e. The molecule has 1 aliphatic heterocycles. The van der Waals surface area contributed by atoms with E-state index in [1.165, 1.54) is 52.6 Å². The molecule has 0 saturated carbocycles. The lowest BCUT2D eigenvalue weighted by Crippen LogP contribution is -2.28. The zero-order chi connectivity index (χ0) is 21.8. The van der Waals surface area contributed by atoms with E-state index >= 15 is 0 Å². The number of halogens is 2. The lowest BCUT2D eigenvalue weighted by molar-refractivity contribution is -0.122. The Labute approximate surface area is 186 Å². The van der Waals surface area contributed by atoms with Gasteiger partial charge in [-0.25, -0.2) is 13.8 Å². The van der Waals surface area contributed by atoms with Crippen LogP contribution in [0.2, 0.25) is 0 Å². The van der Waals surface area contributed by atoms with Crippen LogP contribution in [-0.2, 0) is 21.1 Å². The Kier molecular flexibility index (Phi) is 6.62. The Morgan fingerprint density at radius 3 is 2.48 bits per heavy atom. The number of rotatable bonds is 7. The Morgan fingerprint density at radius 2 is 1.77 bits per heavy atom. The molecule has 1 N–H and O–H groups in total. The minimum absolute atomic E-state index is 0.106. The number of hydrogen-bond acceptors (Lipinski definition) is 5. The van der Waals surface area contributed by atoms with E-state index in [9.17, 15) is 18.4 Å². The summed E-state index contributed by atoms with van der Waals surface area (Å²) in [6.07, 6.45) is 0.106. The molecule has 1 atom stereocenters. The molecule has 2 aromatic carbocycles. The third kappa shape index (κ3) is 5.48. The standard InChI is InChI=1S/C22H19F2N3O2S2/c23-16-3-1-14(2-4-16)11-30-12-18-13-31-22(25-18)26-21(29)15-9-20(28)27(10-15)19-7-5-17(24)6-8-19/h1-8,13,15H,9-12H2,(H,25,26,29). The smallest absolute Gasteiger partial charge is 0.231 e. The number of thioether (sulfide) groups is 1. The van der Waals surface area contributed by atoms with Crippen LogP contribution in [0.1, 0.15) is 17.7 Å². The van der Waals surface area contributed by atoms with Crippen molar-refractivity contribution in [2.75, 3.05) is 16.8 Å². The third-order valence-corrected chi connectivity index (χ3v) is 6.69. The average molecular weight is 460 g/mol. The molecule has 160 valence electrons. The van der Waals surface area contributed by atoms with Gasteiger partial charge in [0.15, 0.2) is 5.13 Å². The van der Waals surface area contributed by atoms with Crippen LogP contribution >= 0.6 is 23.1 Å². The van der Waals surface area contributed by atoms with Crippen LogP contribution in [0.3, 0.4) is 0 Å². The molecule has 3 aromatic rings. The second-order valence-electron chi connectivity index (χ2n) is 7.13. The van der Waals surface area contributed by atoms with Gasteiger partial charge in [0.1, 0.15) is 11.6 Å². The zero-order valence-corrected chi connectivity index (χ0v) is 18.0. The number of amides is 2. The van der Waals surface area contributed by atoms with Crippen LogP contribution in [-0.4, -0.2) is 23.3 Å². The van der Waals surface area contributed by atoms with Gasteiger partial charge in [-0.05, 0) is 42.0 Å². The molecule has 2 amide bonds. The van der Waals surface area contributed by atoms with Crippen LogP contribution < -0.4 is 10.2 Å². The summed E-state index contributed by atoms with van der Waals surface area (Å²) in [5, 5.41) is 5.18. The Morgan fingerprint density at radius 1 is 1.10 bits per heavy atom. The van der Waals surface area contributed by atoms with Gasteiger partial charge in [-0.2, -0.15) is 11.8 Å². The van der Waals surface area contributed by atoms with Gasteiger partial charge in [0.25, 0.3) is 0 Å². The molecule has 1 fully saturated rings. The molecule has 9 heteroatoms. The first-order valence-corrected chi connectivity index (χ1v) is 11.6. The van der Waals surface area contributed by atoms with E-state index in [-0.39, 0.29) is 36.4 Å². The predicted octanol–water partition coefficient (Wildman–Crippen LogP) is 4.85. The number of nitrogens with zero attached hydrogens (tertiary/aromatic N) is 2. The Bertz CT molecular complexity index is 1070. The number of carbonyl (C=O) groups is 2. The van der Waals surface area contributed by atoms with Crippen molar-refractivity contribution in [2.45, 2.75) is 17.9 Å². The monoisotopic (exact) mass is 459 g/mol. The van der Waals surface area contributed by atoms with E-state index in [1.54, 1.807) is 23.9 Å². The Hall–Kier alpha value is -2.78. The van der Waals surface area contributed by atoms with Crippen molar-refractivity contribution in [3.63, 3.8) is 0 Å². The second kappa shape index (κ2) is 9.57. The first-order valence-electron chi connectivity index (χ1n) is 9.61. The molecule has 5 nitrogen and oxygen atoms in total. The number of anilines is 2. The van der Waals surface area contributed by atoms with E-state index in [1.807, 2.05) is 5.38 Å². The molecule has 2 heterocycles. The highest BCUT2D eigenvalue weighted by Crippen LogP contribution is 2.27. The first kappa shape index (κ1) is 21.5. The highest BCUT2D eigenvalue weighted by Gasteiger charge is 2.35. The highest BCUT2D eigenvalue weighted by molar-refractivity contribution is 7.97. The van der Waals surface area contributed by atoms with Crippen molar-refractivity contribution in [3.05, 3.63) is 76.8 Å². The quantitative estimate of drug-likeness (QED) is 0.549. The van der Waals surface area contributed by atoms with Gasteiger partial charge in [0.05, 0.1) is 11.6 Å². The molecule has 0 radical (unpaired) electrons. The minimum Gasteiger partial charge on any atom is -0.312 e. The highest BCUT2D eigenvalue weighted by atomic mass is 32.2. The van der Waals surface area contributed by atoms with Crippen LogP contribution in [0, 0.1) is 17.6 Å². The van der Waals surface area contributed by atoms with E-state index in [0.717, 1.165) is 17.0 Å². The molecule has 0 bridgehead atoms. The molecule has 1 unspecified atom stereocenters. The number of nitrogens with one attached hydrogen (secondary N) is 1. The number of thiazole rings is 1. The van der Waals surface area contributed by atoms with Crippen molar-refractivity contribution >= 4 is 45.7 Å². The summed E-state index contributed by atoms with van der Waals surface area (Å²) in [4.78, 5) is 30.8. The van der Waals surface area contributed by atoms with Gasteiger partial charge in [0, 0.05) is 35.5 Å².